The summed E-state index contributed by atoms with van der Waals surface area (Å²) in [6.07, 6.45) is 3.09. The molecule has 1 N–H and O–H groups in total. The van der Waals surface area contributed by atoms with Gasteiger partial charge >= 0.3 is 5.97 Å². The Labute approximate surface area is 114 Å². The summed E-state index contributed by atoms with van der Waals surface area (Å²) in [6.45, 7) is 5.33. The Morgan fingerprint density at radius 3 is 2.74 bits per heavy atom. The van der Waals surface area contributed by atoms with E-state index >= 15 is 0 Å². The van der Waals surface area contributed by atoms with E-state index in [2.05, 4.69) is 12.2 Å². The molecule has 0 aliphatic heterocycles. The van der Waals surface area contributed by atoms with Crippen molar-refractivity contribution < 1.29 is 13.9 Å². The lowest BCUT2D eigenvalue weighted by molar-refractivity contribution is 0.0457. The number of esters is 1. The van der Waals surface area contributed by atoms with Crippen molar-refractivity contribution in [1.29, 1.82) is 0 Å². The molecule has 0 radical (unpaired) electrons. The molecule has 19 heavy (non-hydrogen) atoms. The summed E-state index contributed by atoms with van der Waals surface area (Å²) in [5.74, 6) is -1.15. The maximum absolute atomic E-state index is 13.4. The molecule has 1 unspecified atom stereocenters. The summed E-state index contributed by atoms with van der Waals surface area (Å²) < 4.78 is 18.5. The van der Waals surface area contributed by atoms with Crippen LogP contribution in [0.15, 0.2) is 24.3 Å². The van der Waals surface area contributed by atoms with Crippen molar-refractivity contribution in [2.24, 2.45) is 0 Å². The summed E-state index contributed by atoms with van der Waals surface area (Å²) in [6, 6.07) is 5.99. The number of hydrogen-bond donors (Lipinski definition) is 1. The fraction of sp³-hybridized carbons (Fsp3) is 0.533. The Hall–Kier alpha value is -1.42. The fourth-order valence-corrected chi connectivity index (χ4v) is 1.68. The van der Waals surface area contributed by atoms with E-state index in [1.54, 1.807) is 12.1 Å². The molecule has 0 aromatic heterocycles. The summed E-state index contributed by atoms with van der Waals surface area (Å²) in [7, 11) is 0. The van der Waals surface area contributed by atoms with Crippen molar-refractivity contribution in [3.63, 3.8) is 0 Å². The first kappa shape index (κ1) is 15.6. The smallest absolute Gasteiger partial charge is 0.341 e. The van der Waals surface area contributed by atoms with Crippen LogP contribution in [-0.4, -0.2) is 25.2 Å². The van der Waals surface area contributed by atoms with Crippen molar-refractivity contribution in [3.8, 4) is 0 Å². The Kier molecular flexibility index (Phi) is 7.11. The molecular weight excluding hydrogens is 245 g/mol. The van der Waals surface area contributed by atoms with Gasteiger partial charge in [-0.05, 0) is 31.5 Å². The van der Waals surface area contributed by atoms with Crippen LogP contribution < -0.4 is 5.32 Å². The van der Waals surface area contributed by atoms with E-state index in [0.29, 0.717) is 0 Å². The zero-order chi connectivity index (χ0) is 14.1. The predicted molar refractivity (Wildman–Crippen MR) is 73.7 cm³/mol. The average molecular weight is 267 g/mol. The van der Waals surface area contributed by atoms with Gasteiger partial charge in [0.2, 0.25) is 0 Å². The monoisotopic (exact) mass is 267 g/mol. The van der Waals surface area contributed by atoms with Crippen molar-refractivity contribution in [3.05, 3.63) is 35.6 Å². The predicted octanol–water partition coefficient (Wildman–Crippen LogP) is 3.15. The van der Waals surface area contributed by atoms with Gasteiger partial charge < -0.3 is 10.1 Å². The van der Waals surface area contributed by atoms with Crippen LogP contribution in [0, 0.1) is 5.82 Å². The molecule has 0 fully saturated rings. The van der Waals surface area contributed by atoms with Gasteiger partial charge in [0.1, 0.15) is 12.4 Å². The van der Waals surface area contributed by atoms with Gasteiger partial charge in [-0.15, -0.1) is 0 Å². The molecule has 1 atom stereocenters. The molecule has 0 heterocycles. The Morgan fingerprint density at radius 2 is 2.11 bits per heavy atom. The van der Waals surface area contributed by atoms with Gasteiger partial charge in [-0.1, -0.05) is 32.4 Å². The topological polar surface area (TPSA) is 38.3 Å². The first-order chi connectivity index (χ1) is 9.19. The standard InChI is InChI=1S/C15H22FNO2/c1-3-5-10-17-12(4-2)11-19-15(18)13-8-6-7-9-14(13)16/h6-9,12,17H,3-5,10-11H2,1-2H3. The molecule has 0 bridgehead atoms. The zero-order valence-electron chi connectivity index (χ0n) is 11.6. The molecule has 0 aliphatic carbocycles. The normalized spacial score (nSPS) is 12.2. The van der Waals surface area contributed by atoms with Crippen LogP contribution in [0.4, 0.5) is 4.39 Å². The van der Waals surface area contributed by atoms with Gasteiger partial charge in [0.15, 0.2) is 0 Å². The number of carbonyl (C=O) groups excluding carboxylic acids is 1. The molecule has 3 nitrogen and oxygen atoms in total. The van der Waals surface area contributed by atoms with E-state index in [-0.39, 0.29) is 18.2 Å². The Morgan fingerprint density at radius 1 is 1.37 bits per heavy atom. The second-order valence-corrected chi connectivity index (χ2v) is 4.49. The maximum atomic E-state index is 13.4. The maximum Gasteiger partial charge on any atom is 0.341 e. The van der Waals surface area contributed by atoms with E-state index in [0.717, 1.165) is 25.8 Å². The third-order valence-electron chi connectivity index (χ3n) is 2.97. The van der Waals surface area contributed by atoms with Gasteiger partial charge in [0.05, 0.1) is 5.56 Å². The number of benzene rings is 1. The summed E-state index contributed by atoms with van der Waals surface area (Å²) in [4.78, 5) is 11.7. The second-order valence-electron chi connectivity index (χ2n) is 4.49. The highest BCUT2D eigenvalue weighted by Gasteiger charge is 2.14. The quantitative estimate of drug-likeness (QED) is 0.581. The summed E-state index contributed by atoms with van der Waals surface area (Å²) >= 11 is 0. The molecule has 0 saturated heterocycles. The van der Waals surface area contributed by atoms with Crippen molar-refractivity contribution in [2.45, 2.75) is 39.2 Å². The largest absolute Gasteiger partial charge is 0.460 e. The summed E-state index contributed by atoms with van der Waals surface area (Å²) in [5, 5.41) is 3.32. The molecular formula is C15H22FNO2. The van der Waals surface area contributed by atoms with Gasteiger partial charge in [0.25, 0.3) is 0 Å². The van der Waals surface area contributed by atoms with Gasteiger partial charge in [-0.3, -0.25) is 0 Å². The Balaban J connectivity index is 2.42. The van der Waals surface area contributed by atoms with Gasteiger partial charge in [-0.25, -0.2) is 9.18 Å². The molecule has 1 rings (SSSR count). The molecule has 0 saturated carbocycles. The van der Waals surface area contributed by atoms with Crippen LogP contribution >= 0.6 is 0 Å². The van der Waals surface area contributed by atoms with E-state index < -0.39 is 11.8 Å². The summed E-state index contributed by atoms with van der Waals surface area (Å²) in [5.41, 5.74) is -0.00842. The molecule has 4 heteroatoms. The lowest BCUT2D eigenvalue weighted by atomic mass is 10.2. The average Bonchev–Trinajstić information content (AvgIpc) is 2.43. The minimum absolute atomic E-state index is 0.00842. The number of ether oxygens (including phenoxy) is 1. The lowest BCUT2D eigenvalue weighted by Gasteiger charge is -2.16. The van der Waals surface area contributed by atoms with E-state index in [1.165, 1.54) is 12.1 Å². The van der Waals surface area contributed by atoms with Crippen LogP contribution in [0.1, 0.15) is 43.5 Å². The van der Waals surface area contributed by atoms with Crippen LogP contribution in [0.3, 0.4) is 0 Å². The molecule has 1 aromatic rings. The number of rotatable bonds is 8. The SMILES string of the molecule is CCCCNC(CC)COC(=O)c1ccccc1F. The third-order valence-corrected chi connectivity index (χ3v) is 2.97. The first-order valence-corrected chi connectivity index (χ1v) is 6.84. The van der Waals surface area contributed by atoms with Gasteiger partial charge in [0, 0.05) is 6.04 Å². The van der Waals surface area contributed by atoms with Crippen LogP contribution in [0.5, 0.6) is 0 Å². The molecule has 106 valence electrons. The van der Waals surface area contributed by atoms with Crippen molar-refractivity contribution in [2.75, 3.05) is 13.2 Å². The zero-order valence-corrected chi connectivity index (χ0v) is 11.6. The number of unbranched alkanes of at least 4 members (excludes halogenated alkanes) is 1. The lowest BCUT2D eigenvalue weighted by Crippen LogP contribution is -2.34. The highest BCUT2D eigenvalue weighted by atomic mass is 19.1. The highest BCUT2D eigenvalue weighted by molar-refractivity contribution is 5.89. The Bertz CT molecular complexity index is 395. The minimum Gasteiger partial charge on any atom is -0.460 e. The van der Waals surface area contributed by atoms with Crippen molar-refractivity contribution in [1.82, 2.24) is 5.32 Å². The van der Waals surface area contributed by atoms with Gasteiger partial charge in [-0.2, -0.15) is 0 Å². The van der Waals surface area contributed by atoms with E-state index in [9.17, 15) is 9.18 Å². The number of carbonyl (C=O) groups is 1. The van der Waals surface area contributed by atoms with E-state index in [1.807, 2.05) is 6.92 Å². The minimum atomic E-state index is -0.603. The number of halogens is 1. The first-order valence-electron chi connectivity index (χ1n) is 6.84. The third kappa shape index (κ3) is 5.39. The molecule has 1 aromatic carbocycles. The molecule has 0 spiro atoms. The number of hydrogen-bond acceptors (Lipinski definition) is 3. The van der Waals surface area contributed by atoms with Crippen LogP contribution in [-0.2, 0) is 4.74 Å². The van der Waals surface area contributed by atoms with Crippen LogP contribution in [0.25, 0.3) is 0 Å². The second kappa shape index (κ2) is 8.64. The molecule has 0 amide bonds. The highest BCUT2D eigenvalue weighted by Crippen LogP contribution is 2.08. The fourth-order valence-electron chi connectivity index (χ4n) is 1.68. The van der Waals surface area contributed by atoms with Crippen molar-refractivity contribution >= 4 is 5.97 Å². The van der Waals surface area contributed by atoms with E-state index in [4.69, 9.17) is 4.74 Å². The molecule has 0 aliphatic rings. The number of nitrogens with one attached hydrogen (secondary N) is 1. The van der Waals surface area contributed by atoms with Crippen LogP contribution in [0.2, 0.25) is 0 Å².